The topological polar surface area (TPSA) is 87.9 Å². The first-order valence-corrected chi connectivity index (χ1v) is 7.86. The molecule has 0 aliphatic rings. The Balaban J connectivity index is 1.77. The Labute approximate surface area is 147 Å². The maximum Gasteiger partial charge on any atom is 0.344 e. The lowest BCUT2D eigenvalue weighted by atomic mass is 10.2. The first-order valence-electron chi connectivity index (χ1n) is 7.07. The monoisotopic (exact) mass is 393 g/mol. The Morgan fingerprint density at radius 2 is 1.67 bits per heavy atom. The number of carbonyl (C=O) groups excluding carboxylic acids is 2. The lowest BCUT2D eigenvalue weighted by Crippen LogP contribution is -2.20. The van der Waals surface area contributed by atoms with Crippen LogP contribution in [-0.4, -0.2) is 25.1 Å². The maximum atomic E-state index is 11.7. The molecule has 6 nitrogen and oxygen atoms in total. The smallest absolute Gasteiger partial charge is 0.344 e. The van der Waals surface area contributed by atoms with E-state index in [9.17, 15) is 9.59 Å². The number of hydrogen-bond donors (Lipinski definition) is 1. The average molecular weight is 394 g/mol. The van der Waals surface area contributed by atoms with Crippen molar-refractivity contribution in [2.24, 2.45) is 5.73 Å². The second-order valence-corrected chi connectivity index (χ2v) is 5.72. The van der Waals surface area contributed by atoms with E-state index in [1.54, 1.807) is 36.4 Å². The average Bonchev–Trinajstić information content (AvgIpc) is 2.58. The van der Waals surface area contributed by atoms with Crippen molar-refractivity contribution in [3.8, 4) is 11.5 Å². The summed E-state index contributed by atoms with van der Waals surface area (Å²) in [5.41, 5.74) is 5.75. The zero-order valence-corrected chi connectivity index (χ0v) is 14.3. The molecule has 0 saturated carbocycles. The number of hydrogen-bond acceptors (Lipinski definition) is 5. The quantitative estimate of drug-likeness (QED) is 0.695. The van der Waals surface area contributed by atoms with Crippen LogP contribution in [0.2, 0.25) is 0 Å². The minimum absolute atomic E-state index is 0.0797. The van der Waals surface area contributed by atoms with E-state index in [-0.39, 0.29) is 19.8 Å². The minimum Gasteiger partial charge on any atom is -0.484 e. The van der Waals surface area contributed by atoms with E-state index in [0.29, 0.717) is 11.5 Å². The molecule has 24 heavy (non-hydrogen) atoms. The lowest BCUT2D eigenvalue weighted by molar-refractivity contribution is -0.147. The summed E-state index contributed by atoms with van der Waals surface area (Å²) in [5.74, 6) is 0.0174. The van der Waals surface area contributed by atoms with Gasteiger partial charge in [-0.05, 0) is 42.0 Å². The summed E-state index contributed by atoms with van der Waals surface area (Å²) in [6.07, 6.45) is 0. The maximum absolute atomic E-state index is 11.7. The summed E-state index contributed by atoms with van der Waals surface area (Å²) in [6.45, 7) is -0.305. The van der Waals surface area contributed by atoms with Crippen LogP contribution in [0.5, 0.6) is 11.5 Å². The summed E-state index contributed by atoms with van der Waals surface area (Å²) < 4.78 is 16.6. The van der Waals surface area contributed by atoms with Gasteiger partial charge in [-0.25, -0.2) is 4.79 Å². The van der Waals surface area contributed by atoms with Gasteiger partial charge in [0.05, 0.1) is 0 Å². The molecule has 0 spiro atoms. The number of amides is 1. The van der Waals surface area contributed by atoms with Crippen LogP contribution in [0, 0.1) is 0 Å². The summed E-state index contributed by atoms with van der Waals surface area (Å²) in [7, 11) is 0. The van der Waals surface area contributed by atoms with Crippen molar-refractivity contribution in [1.29, 1.82) is 0 Å². The molecule has 0 heterocycles. The number of halogens is 1. The van der Waals surface area contributed by atoms with Crippen molar-refractivity contribution < 1.29 is 23.8 Å². The molecule has 0 aromatic heterocycles. The summed E-state index contributed by atoms with van der Waals surface area (Å²) >= 11 is 3.32. The van der Waals surface area contributed by atoms with Crippen molar-refractivity contribution in [2.75, 3.05) is 13.2 Å². The Morgan fingerprint density at radius 1 is 0.958 bits per heavy atom. The van der Waals surface area contributed by atoms with Gasteiger partial charge < -0.3 is 19.9 Å². The van der Waals surface area contributed by atoms with Crippen LogP contribution in [0.4, 0.5) is 0 Å². The highest BCUT2D eigenvalue weighted by Crippen LogP contribution is 2.16. The van der Waals surface area contributed by atoms with Gasteiger partial charge in [-0.2, -0.15) is 0 Å². The molecule has 2 aromatic carbocycles. The third-order valence-electron chi connectivity index (χ3n) is 2.85. The molecule has 0 radical (unpaired) electrons. The first-order chi connectivity index (χ1) is 11.5. The van der Waals surface area contributed by atoms with Crippen LogP contribution < -0.4 is 15.2 Å². The van der Waals surface area contributed by atoms with Gasteiger partial charge in [0.25, 0.3) is 5.91 Å². The second-order valence-electron chi connectivity index (χ2n) is 4.81. The third-order valence-corrected chi connectivity index (χ3v) is 3.38. The number of rotatable bonds is 8. The highest BCUT2D eigenvalue weighted by Gasteiger charge is 2.06. The molecule has 2 rings (SSSR count). The standard InChI is InChI=1S/C17H16BrNO5/c18-13-4-6-14(7-5-13)23-11-17(21)24-9-12-2-1-3-15(8-12)22-10-16(19)20/h1-8H,9-11H2,(H2,19,20). The number of nitrogens with two attached hydrogens (primary N) is 1. The Bertz CT molecular complexity index is 702. The Kier molecular flexibility index (Phi) is 6.62. The molecule has 0 bridgehead atoms. The molecule has 0 atom stereocenters. The van der Waals surface area contributed by atoms with E-state index in [4.69, 9.17) is 19.9 Å². The van der Waals surface area contributed by atoms with Gasteiger partial charge in [-0.3, -0.25) is 4.79 Å². The van der Waals surface area contributed by atoms with Gasteiger partial charge in [0, 0.05) is 4.47 Å². The van der Waals surface area contributed by atoms with Crippen molar-refractivity contribution in [2.45, 2.75) is 6.61 Å². The third kappa shape index (κ3) is 6.29. The molecule has 0 aliphatic carbocycles. The number of esters is 1. The van der Waals surface area contributed by atoms with Crippen molar-refractivity contribution in [3.05, 3.63) is 58.6 Å². The molecule has 0 aliphatic heterocycles. The molecular weight excluding hydrogens is 378 g/mol. The molecule has 7 heteroatoms. The molecule has 126 valence electrons. The fourth-order valence-electron chi connectivity index (χ4n) is 1.76. The predicted octanol–water partition coefficient (Wildman–Crippen LogP) is 2.44. The summed E-state index contributed by atoms with van der Waals surface area (Å²) in [5, 5.41) is 0. The van der Waals surface area contributed by atoms with Crippen LogP contribution in [0.3, 0.4) is 0 Å². The van der Waals surface area contributed by atoms with Gasteiger partial charge in [0.1, 0.15) is 18.1 Å². The first kappa shape index (κ1) is 17.8. The minimum atomic E-state index is -0.558. The normalized spacial score (nSPS) is 10.0. The van der Waals surface area contributed by atoms with E-state index >= 15 is 0 Å². The van der Waals surface area contributed by atoms with Crippen LogP contribution in [0.25, 0.3) is 0 Å². The van der Waals surface area contributed by atoms with E-state index in [2.05, 4.69) is 15.9 Å². The van der Waals surface area contributed by atoms with E-state index in [0.717, 1.165) is 10.0 Å². The van der Waals surface area contributed by atoms with E-state index in [1.807, 2.05) is 12.1 Å². The lowest BCUT2D eigenvalue weighted by Gasteiger charge is -2.09. The van der Waals surface area contributed by atoms with Crippen LogP contribution in [0.15, 0.2) is 53.0 Å². The van der Waals surface area contributed by atoms with Crippen LogP contribution in [-0.2, 0) is 20.9 Å². The summed E-state index contributed by atoms with van der Waals surface area (Å²) in [6, 6.07) is 14.0. The molecular formula is C17H16BrNO5. The number of benzene rings is 2. The predicted molar refractivity (Wildman–Crippen MR) is 90.6 cm³/mol. The fraction of sp³-hybridized carbons (Fsp3) is 0.176. The van der Waals surface area contributed by atoms with E-state index < -0.39 is 11.9 Å². The Morgan fingerprint density at radius 3 is 2.38 bits per heavy atom. The van der Waals surface area contributed by atoms with Crippen LogP contribution in [0.1, 0.15) is 5.56 Å². The molecule has 0 saturated heterocycles. The molecule has 2 N–H and O–H groups in total. The van der Waals surface area contributed by atoms with Crippen molar-refractivity contribution >= 4 is 27.8 Å². The Hall–Kier alpha value is -2.54. The highest BCUT2D eigenvalue weighted by atomic mass is 79.9. The molecule has 1 amide bonds. The van der Waals surface area contributed by atoms with Gasteiger partial charge >= 0.3 is 5.97 Å². The van der Waals surface area contributed by atoms with Crippen LogP contribution >= 0.6 is 15.9 Å². The molecule has 0 unspecified atom stereocenters. The van der Waals surface area contributed by atoms with Crippen molar-refractivity contribution in [1.82, 2.24) is 0 Å². The number of carbonyl (C=O) groups is 2. The second kappa shape index (κ2) is 8.93. The van der Waals surface area contributed by atoms with Gasteiger partial charge in [-0.1, -0.05) is 28.1 Å². The zero-order valence-electron chi connectivity index (χ0n) is 12.7. The summed E-state index contributed by atoms with van der Waals surface area (Å²) in [4.78, 5) is 22.4. The van der Waals surface area contributed by atoms with Gasteiger partial charge in [0.2, 0.25) is 0 Å². The number of primary amides is 1. The molecule has 0 fully saturated rings. The zero-order chi connectivity index (χ0) is 17.4. The van der Waals surface area contributed by atoms with E-state index in [1.165, 1.54) is 0 Å². The highest BCUT2D eigenvalue weighted by molar-refractivity contribution is 9.10. The van der Waals surface area contributed by atoms with Gasteiger partial charge in [0.15, 0.2) is 13.2 Å². The fourth-order valence-corrected chi connectivity index (χ4v) is 2.02. The molecule has 2 aromatic rings. The largest absolute Gasteiger partial charge is 0.484 e. The SMILES string of the molecule is NC(=O)COc1cccc(COC(=O)COc2ccc(Br)cc2)c1. The number of ether oxygens (including phenoxy) is 3. The van der Waals surface area contributed by atoms with Crippen molar-refractivity contribution in [3.63, 3.8) is 0 Å². The van der Waals surface area contributed by atoms with Gasteiger partial charge in [-0.15, -0.1) is 0 Å².